The van der Waals surface area contributed by atoms with E-state index in [4.69, 9.17) is 21.1 Å². The zero-order valence-corrected chi connectivity index (χ0v) is 13.3. The Hall–Kier alpha value is -1.56. The van der Waals surface area contributed by atoms with Crippen molar-refractivity contribution in [3.63, 3.8) is 0 Å². The van der Waals surface area contributed by atoms with Gasteiger partial charge in [0, 0.05) is 37.3 Å². The average Bonchev–Trinajstić information content (AvgIpc) is 2.91. The molecule has 0 aliphatic carbocycles. The van der Waals surface area contributed by atoms with Crippen LogP contribution in [-0.4, -0.2) is 36.1 Å². The van der Waals surface area contributed by atoms with E-state index in [9.17, 15) is 0 Å². The van der Waals surface area contributed by atoms with E-state index in [1.165, 1.54) is 0 Å². The van der Waals surface area contributed by atoms with Crippen LogP contribution in [0, 0.1) is 0 Å². The van der Waals surface area contributed by atoms with Gasteiger partial charge in [0.15, 0.2) is 0 Å². The highest BCUT2D eigenvalue weighted by Crippen LogP contribution is 2.19. The van der Waals surface area contributed by atoms with Gasteiger partial charge in [-0.2, -0.15) is 5.10 Å². The van der Waals surface area contributed by atoms with Crippen molar-refractivity contribution in [1.82, 2.24) is 15.1 Å². The smallest absolute Gasteiger partial charge is 0.119 e. The van der Waals surface area contributed by atoms with E-state index in [0.29, 0.717) is 11.6 Å². The van der Waals surface area contributed by atoms with Gasteiger partial charge in [-0.05, 0) is 30.3 Å². The lowest BCUT2D eigenvalue weighted by Crippen LogP contribution is -2.33. The summed E-state index contributed by atoms with van der Waals surface area (Å²) in [6.45, 7) is 3.06. The third-order valence-electron chi connectivity index (χ3n) is 3.69. The second kappa shape index (κ2) is 7.13. The van der Waals surface area contributed by atoms with Gasteiger partial charge >= 0.3 is 0 Å². The van der Waals surface area contributed by atoms with Crippen molar-refractivity contribution in [2.75, 3.05) is 26.3 Å². The molecule has 1 aliphatic rings. The molecule has 1 saturated heterocycles. The van der Waals surface area contributed by atoms with E-state index in [1.807, 2.05) is 36.0 Å². The maximum atomic E-state index is 5.85. The molecule has 5 nitrogen and oxygen atoms in total. The minimum Gasteiger partial charge on any atom is -0.493 e. The number of nitrogens with one attached hydrogen (secondary N) is 1. The van der Waals surface area contributed by atoms with Gasteiger partial charge in [-0.3, -0.25) is 4.68 Å². The first-order valence-corrected chi connectivity index (χ1v) is 7.83. The zero-order valence-electron chi connectivity index (χ0n) is 12.6. The molecule has 0 radical (unpaired) electrons. The normalized spacial score (nSPS) is 18.4. The first-order chi connectivity index (χ1) is 10.7. The number of nitrogens with zero attached hydrogens (tertiary/aromatic N) is 2. The molecule has 1 fully saturated rings. The molecule has 2 aromatic rings. The van der Waals surface area contributed by atoms with E-state index < -0.39 is 0 Å². The lowest BCUT2D eigenvalue weighted by molar-refractivity contribution is 0.0247. The molecule has 6 heteroatoms. The largest absolute Gasteiger partial charge is 0.493 e. The first-order valence-electron chi connectivity index (χ1n) is 7.46. The van der Waals surface area contributed by atoms with E-state index in [1.54, 1.807) is 0 Å². The number of hydrogen-bond donors (Lipinski definition) is 1. The van der Waals surface area contributed by atoms with Crippen molar-refractivity contribution in [2.45, 2.75) is 12.5 Å². The van der Waals surface area contributed by atoms with Crippen molar-refractivity contribution >= 4 is 11.6 Å². The summed E-state index contributed by atoms with van der Waals surface area (Å²) in [6, 6.07) is 9.50. The van der Waals surface area contributed by atoms with Crippen molar-refractivity contribution in [3.05, 3.63) is 46.7 Å². The molecule has 1 aromatic carbocycles. The number of benzene rings is 1. The number of hydrogen-bond acceptors (Lipinski definition) is 4. The third kappa shape index (κ3) is 3.80. The molecule has 1 aliphatic heterocycles. The van der Waals surface area contributed by atoms with Crippen LogP contribution in [0.25, 0.3) is 0 Å². The van der Waals surface area contributed by atoms with Gasteiger partial charge in [0.2, 0.25) is 0 Å². The Labute approximate surface area is 135 Å². The lowest BCUT2D eigenvalue weighted by Gasteiger charge is -2.21. The van der Waals surface area contributed by atoms with Crippen molar-refractivity contribution in [2.24, 2.45) is 7.05 Å². The van der Waals surface area contributed by atoms with E-state index in [0.717, 1.165) is 43.3 Å². The highest BCUT2D eigenvalue weighted by atomic mass is 35.5. The summed E-state index contributed by atoms with van der Waals surface area (Å²) in [7, 11) is 1.96. The SMILES string of the molecule is Cn1nc([C@H]2CNCCO2)cc1CCOc1ccc(Cl)cc1. The number of aromatic nitrogens is 2. The fourth-order valence-corrected chi connectivity index (χ4v) is 2.61. The van der Waals surface area contributed by atoms with Crippen molar-refractivity contribution in [3.8, 4) is 5.75 Å². The van der Waals surface area contributed by atoms with Crippen LogP contribution in [-0.2, 0) is 18.2 Å². The van der Waals surface area contributed by atoms with Crippen LogP contribution in [0.5, 0.6) is 5.75 Å². The maximum absolute atomic E-state index is 5.85. The fraction of sp³-hybridized carbons (Fsp3) is 0.438. The number of morpholine rings is 1. The van der Waals surface area contributed by atoms with Crippen LogP contribution in [0.1, 0.15) is 17.5 Å². The Morgan fingerprint density at radius 2 is 2.23 bits per heavy atom. The Morgan fingerprint density at radius 1 is 1.41 bits per heavy atom. The Morgan fingerprint density at radius 3 is 2.95 bits per heavy atom. The standard InChI is InChI=1S/C16H20ClN3O2/c1-20-13(6-8-21-14-4-2-12(17)3-5-14)10-15(19-20)16-11-18-7-9-22-16/h2-5,10,16,18H,6-9,11H2,1H3/t16-/m1/s1. The van der Waals surface area contributed by atoms with Gasteiger partial charge in [0.05, 0.1) is 18.9 Å². The molecule has 1 atom stereocenters. The van der Waals surface area contributed by atoms with Gasteiger partial charge in [0.25, 0.3) is 0 Å². The van der Waals surface area contributed by atoms with Crippen LogP contribution < -0.4 is 10.1 Å². The molecular formula is C16H20ClN3O2. The third-order valence-corrected chi connectivity index (χ3v) is 3.95. The van der Waals surface area contributed by atoms with Crippen LogP contribution >= 0.6 is 11.6 Å². The summed E-state index contributed by atoms with van der Waals surface area (Å²) in [6.07, 6.45) is 0.845. The van der Waals surface area contributed by atoms with Gasteiger partial charge in [-0.1, -0.05) is 11.6 Å². The quantitative estimate of drug-likeness (QED) is 0.918. The Kier molecular flexibility index (Phi) is 4.97. The molecule has 1 aromatic heterocycles. The first kappa shape index (κ1) is 15.3. The van der Waals surface area contributed by atoms with Gasteiger partial charge in [-0.15, -0.1) is 0 Å². The summed E-state index contributed by atoms with van der Waals surface area (Å²) in [5.74, 6) is 0.826. The minimum absolute atomic E-state index is 0.0471. The summed E-state index contributed by atoms with van der Waals surface area (Å²) < 4.78 is 13.4. The monoisotopic (exact) mass is 321 g/mol. The van der Waals surface area contributed by atoms with E-state index >= 15 is 0 Å². The number of ether oxygens (including phenoxy) is 2. The maximum Gasteiger partial charge on any atom is 0.119 e. The molecule has 22 heavy (non-hydrogen) atoms. The summed E-state index contributed by atoms with van der Waals surface area (Å²) in [5.41, 5.74) is 2.12. The van der Waals surface area contributed by atoms with Crippen LogP contribution in [0.15, 0.2) is 30.3 Å². The minimum atomic E-state index is 0.0471. The molecule has 2 heterocycles. The van der Waals surface area contributed by atoms with Gasteiger partial charge in [0.1, 0.15) is 11.9 Å². The molecule has 0 amide bonds. The molecule has 1 N–H and O–H groups in total. The molecule has 0 spiro atoms. The van der Waals surface area contributed by atoms with E-state index in [-0.39, 0.29) is 6.10 Å². The predicted molar refractivity (Wildman–Crippen MR) is 85.4 cm³/mol. The molecule has 118 valence electrons. The molecule has 0 unspecified atom stereocenters. The van der Waals surface area contributed by atoms with E-state index in [2.05, 4.69) is 16.5 Å². The predicted octanol–water partition coefficient (Wildman–Crippen LogP) is 2.36. The fourth-order valence-electron chi connectivity index (χ4n) is 2.48. The molecule has 3 rings (SSSR count). The Balaban J connectivity index is 1.56. The summed E-state index contributed by atoms with van der Waals surface area (Å²) >= 11 is 5.85. The molecular weight excluding hydrogens is 302 g/mol. The highest BCUT2D eigenvalue weighted by Gasteiger charge is 2.19. The van der Waals surface area contributed by atoms with Gasteiger partial charge < -0.3 is 14.8 Å². The topological polar surface area (TPSA) is 48.3 Å². The Bertz CT molecular complexity index is 606. The zero-order chi connectivity index (χ0) is 15.4. The number of halogens is 1. The van der Waals surface area contributed by atoms with Crippen LogP contribution in [0.2, 0.25) is 5.02 Å². The van der Waals surface area contributed by atoms with Crippen LogP contribution in [0.3, 0.4) is 0 Å². The molecule has 0 bridgehead atoms. The summed E-state index contributed by atoms with van der Waals surface area (Å²) in [4.78, 5) is 0. The second-order valence-electron chi connectivity index (χ2n) is 5.30. The lowest BCUT2D eigenvalue weighted by atomic mass is 10.2. The number of rotatable bonds is 5. The van der Waals surface area contributed by atoms with Crippen molar-refractivity contribution in [1.29, 1.82) is 0 Å². The van der Waals surface area contributed by atoms with Gasteiger partial charge in [-0.25, -0.2) is 0 Å². The van der Waals surface area contributed by atoms with Crippen LogP contribution in [0.4, 0.5) is 0 Å². The number of aryl methyl sites for hydroxylation is 1. The average molecular weight is 322 g/mol. The van der Waals surface area contributed by atoms with Crippen molar-refractivity contribution < 1.29 is 9.47 Å². The molecule has 0 saturated carbocycles. The highest BCUT2D eigenvalue weighted by molar-refractivity contribution is 6.30. The summed E-state index contributed by atoms with van der Waals surface area (Å²) in [5, 5.41) is 8.58. The second-order valence-corrected chi connectivity index (χ2v) is 5.74.